The maximum atomic E-state index is 6.07. The fourth-order valence-electron chi connectivity index (χ4n) is 3.65. The monoisotopic (exact) mass is 303 g/mol. The zero-order chi connectivity index (χ0) is 15.6. The first-order valence-electron chi connectivity index (χ1n) is 7.96. The first-order valence-corrected chi connectivity index (χ1v) is 7.96. The molecule has 0 amide bonds. The number of H-pyrrole nitrogens is 1. The number of methoxy groups -OCH3 is 2. The van der Waals surface area contributed by atoms with Crippen LogP contribution in [0.4, 0.5) is 0 Å². The van der Waals surface area contributed by atoms with Crippen LogP contribution in [0.1, 0.15) is 37.4 Å². The Morgan fingerprint density at radius 2 is 1.95 bits per heavy atom. The van der Waals surface area contributed by atoms with Gasteiger partial charge < -0.3 is 20.2 Å². The number of aromatic nitrogens is 2. The molecule has 0 saturated heterocycles. The summed E-state index contributed by atoms with van der Waals surface area (Å²) in [6.07, 6.45) is 3.89. The highest BCUT2D eigenvalue weighted by Gasteiger charge is 2.38. The van der Waals surface area contributed by atoms with E-state index in [0.717, 1.165) is 42.5 Å². The number of hydrogen-bond donors (Lipinski definition) is 2. The number of hydrogen-bond acceptors (Lipinski definition) is 4. The number of nitrogens with one attached hydrogen (secondary N) is 1. The Balaban J connectivity index is 1.77. The Labute approximate surface area is 131 Å². The van der Waals surface area contributed by atoms with E-state index in [2.05, 4.69) is 11.1 Å². The maximum absolute atomic E-state index is 6.07. The molecule has 1 saturated carbocycles. The molecule has 1 aliphatic rings. The fourth-order valence-corrected chi connectivity index (χ4v) is 3.65. The molecule has 1 atom stereocenters. The van der Waals surface area contributed by atoms with E-state index in [0.29, 0.717) is 12.5 Å². The summed E-state index contributed by atoms with van der Waals surface area (Å²) in [5, 5.41) is 0. The predicted molar refractivity (Wildman–Crippen MR) is 86.6 cm³/mol. The van der Waals surface area contributed by atoms with Crippen LogP contribution in [0.15, 0.2) is 24.3 Å². The summed E-state index contributed by atoms with van der Waals surface area (Å²) < 4.78 is 11.1. The summed E-state index contributed by atoms with van der Waals surface area (Å²) in [6, 6.07) is 8.12. The zero-order valence-electron chi connectivity index (χ0n) is 13.3. The Bertz CT molecular complexity index is 578. The lowest BCUT2D eigenvalue weighted by Crippen LogP contribution is -2.40. The number of imidazole rings is 1. The molecule has 1 unspecified atom stereocenters. The highest BCUT2D eigenvalue weighted by atomic mass is 16.7. The third kappa shape index (κ3) is 2.76. The van der Waals surface area contributed by atoms with E-state index in [1.807, 2.05) is 18.2 Å². The van der Waals surface area contributed by atoms with E-state index in [9.17, 15) is 0 Å². The topological polar surface area (TPSA) is 73.2 Å². The van der Waals surface area contributed by atoms with Crippen LogP contribution in [0.2, 0.25) is 0 Å². The highest BCUT2D eigenvalue weighted by Crippen LogP contribution is 2.40. The van der Waals surface area contributed by atoms with E-state index >= 15 is 0 Å². The third-order valence-electron chi connectivity index (χ3n) is 5.12. The minimum atomic E-state index is -0.413. The molecule has 0 spiro atoms. The van der Waals surface area contributed by atoms with Crippen LogP contribution in [0.25, 0.3) is 11.0 Å². The summed E-state index contributed by atoms with van der Waals surface area (Å²) in [5.41, 5.74) is 8.16. The van der Waals surface area contributed by atoms with Gasteiger partial charge in [0, 0.05) is 39.5 Å². The van der Waals surface area contributed by atoms with Crippen LogP contribution in [0.5, 0.6) is 0 Å². The molecular weight excluding hydrogens is 278 g/mol. The quantitative estimate of drug-likeness (QED) is 0.833. The molecule has 1 aliphatic carbocycles. The summed E-state index contributed by atoms with van der Waals surface area (Å²) in [7, 11) is 3.45. The lowest BCUT2D eigenvalue weighted by atomic mass is 9.77. The van der Waals surface area contributed by atoms with Gasteiger partial charge in [-0.05, 0) is 30.9 Å². The molecule has 1 heterocycles. The minimum absolute atomic E-state index is 0.263. The van der Waals surface area contributed by atoms with Crippen molar-refractivity contribution in [2.24, 2.45) is 11.7 Å². The number of para-hydroxylation sites is 2. The SMILES string of the molecule is COC1(OC)CCC(C(CN)c2nc3ccccc3[nH]2)CC1. The minimum Gasteiger partial charge on any atom is -0.353 e. The maximum Gasteiger partial charge on any atom is 0.167 e. The molecule has 3 N–H and O–H groups in total. The first-order chi connectivity index (χ1) is 10.7. The van der Waals surface area contributed by atoms with Crippen LogP contribution in [-0.2, 0) is 9.47 Å². The number of rotatable bonds is 5. The highest BCUT2D eigenvalue weighted by molar-refractivity contribution is 5.74. The smallest absolute Gasteiger partial charge is 0.167 e. The van der Waals surface area contributed by atoms with Crippen LogP contribution < -0.4 is 5.73 Å². The van der Waals surface area contributed by atoms with Gasteiger partial charge in [0.2, 0.25) is 0 Å². The molecule has 1 fully saturated rings. The summed E-state index contributed by atoms with van der Waals surface area (Å²) >= 11 is 0. The van der Waals surface area contributed by atoms with Gasteiger partial charge in [-0.1, -0.05) is 12.1 Å². The van der Waals surface area contributed by atoms with Gasteiger partial charge in [0.1, 0.15) is 5.82 Å². The first kappa shape index (κ1) is 15.5. The molecule has 5 heteroatoms. The van der Waals surface area contributed by atoms with Gasteiger partial charge in [-0.3, -0.25) is 0 Å². The molecule has 2 aromatic rings. The largest absolute Gasteiger partial charge is 0.353 e. The third-order valence-corrected chi connectivity index (χ3v) is 5.12. The Hall–Kier alpha value is -1.43. The summed E-state index contributed by atoms with van der Waals surface area (Å²) in [5.74, 6) is 1.38. The second kappa shape index (κ2) is 6.36. The molecule has 0 radical (unpaired) electrons. The van der Waals surface area contributed by atoms with E-state index in [1.165, 1.54) is 0 Å². The number of aromatic amines is 1. The summed E-state index contributed by atoms with van der Waals surface area (Å²) in [6.45, 7) is 0.609. The van der Waals surface area contributed by atoms with Crippen molar-refractivity contribution in [1.82, 2.24) is 9.97 Å². The fraction of sp³-hybridized carbons (Fsp3) is 0.588. The van der Waals surface area contributed by atoms with Gasteiger partial charge in [-0.25, -0.2) is 4.98 Å². The van der Waals surface area contributed by atoms with Gasteiger partial charge in [-0.15, -0.1) is 0 Å². The number of ether oxygens (including phenoxy) is 2. The standard InChI is InChI=1S/C17H25N3O2/c1-21-17(22-2)9-7-12(8-10-17)13(11-18)16-19-14-5-3-4-6-15(14)20-16/h3-6,12-13H,7-11,18H2,1-2H3,(H,19,20). The average Bonchev–Trinajstić information content (AvgIpc) is 3.00. The van der Waals surface area contributed by atoms with Crippen LogP contribution in [0.3, 0.4) is 0 Å². The van der Waals surface area contributed by atoms with E-state index in [1.54, 1.807) is 14.2 Å². The van der Waals surface area contributed by atoms with Crippen molar-refractivity contribution >= 4 is 11.0 Å². The normalized spacial score (nSPS) is 20.3. The molecular formula is C17H25N3O2. The van der Waals surface area contributed by atoms with Crippen LogP contribution in [-0.4, -0.2) is 36.5 Å². The molecule has 1 aromatic heterocycles. The Morgan fingerprint density at radius 3 is 2.55 bits per heavy atom. The average molecular weight is 303 g/mol. The van der Waals surface area contributed by atoms with Crippen molar-refractivity contribution in [3.8, 4) is 0 Å². The van der Waals surface area contributed by atoms with Crippen molar-refractivity contribution in [2.45, 2.75) is 37.4 Å². The van der Waals surface area contributed by atoms with Gasteiger partial charge in [-0.2, -0.15) is 0 Å². The molecule has 22 heavy (non-hydrogen) atoms. The van der Waals surface area contributed by atoms with E-state index in [4.69, 9.17) is 20.2 Å². The molecule has 0 aliphatic heterocycles. The van der Waals surface area contributed by atoms with Crippen molar-refractivity contribution < 1.29 is 9.47 Å². The molecule has 120 valence electrons. The number of nitrogens with zero attached hydrogens (tertiary/aromatic N) is 1. The van der Waals surface area contributed by atoms with Crippen molar-refractivity contribution in [3.05, 3.63) is 30.1 Å². The lowest BCUT2D eigenvalue weighted by Gasteiger charge is -2.39. The molecule has 1 aromatic carbocycles. The van der Waals surface area contributed by atoms with Gasteiger partial charge in [0.25, 0.3) is 0 Å². The molecule has 0 bridgehead atoms. The second-order valence-electron chi connectivity index (χ2n) is 6.14. The van der Waals surface area contributed by atoms with E-state index < -0.39 is 5.79 Å². The molecule has 3 rings (SSSR count). The van der Waals surface area contributed by atoms with Crippen LogP contribution >= 0.6 is 0 Å². The van der Waals surface area contributed by atoms with Crippen LogP contribution in [0, 0.1) is 5.92 Å². The number of benzene rings is 1. The summed E-state index contributed by atoms with van der Waals surface area (Å²) in [4.78, 5) is 8.18. The van der Waals surface area contributed by atoms with Crippen molar-refractivity contribution in [3.63, 3.8) is 0 Å². The van der Waals surface area contributed by atoms with Gasteiger partial charge in [0.05, 0.1) is 11.0 Å². The zero-order valence-corrected chi connectivity index (χ0v) is 13.3. The number of fused-ring (bicyclic) bond motifs is 1. The van der Waals surface area contributed by atoms with Crippen molar-refractivity contribution in [1.29, 1.82) is 0 Å². The van der Waals surface area contributed by atoms with E-state index in [-0.39, 0.29) is 5.92 Å². The van der Waals surface area contributed by atoms with Gasteiger partial charge >= 0.3 is 0 Å². The van der Waals surface area contributed by atoms with Crippen molar-refractivity contribution in [2.75, 3.05) is 20.8 Å². The molecule has 5 nitrogen and oxygen atoms in total. The Morgan fingerprint density at radius 1 is 1.27 bits per heavy atom. The predicted octanol–water partition coefficient (Wildman–Crippen LogP) is 2.78. The Kier molecular flexibility index (Phi) is 4.47. The number of nitrogens with two attached hydrogens (primary N) is 1. The second-order valence-corrected chi connectivity index (χ2v) is 6.14. The van der Waals surface area contributed by atoms with Gasteiger partial charge in [0.15, 0.2) is 5.79 Å². The lowest BCUT2D eigenvalue weighted by molar-refractivity contribution is -0.228.